The van der Waals surface area contributed by atoms with Crippen LogP contribution in [0.5, 0.6) is 0 Å². The van der Waals surface area contributed by atoms with E-state index in [1.54, 1.807) is 4.31 Å². The molecule has 1 N–H and O–H groups in total. The van der Waals surface area contributed by atoms with Crippen molar-refractivity contribution in [3.8, 4) is 0 Å². The van der Waals surface area contributed by atoms with E-state index in [2.05, 4.69) is 19.2 Å². The van der Waals surface area contributed by atoms with Crippen molar-refractivity contribution >= 4 is 15.9 Å². The molecule has 5 nitrogen and oxygen atoms in total. The molecular formula is C20H32N2O3S. The maximum Gasteiger partial charge on any atom is 0.223 e. The van der Waals surface area contributed by atoms with Crippen LogP contribution in [0.15, 0.2) is 30.3 Å². The third-order valence-electron chi connectivity index (χ3n) is 4.95. The minimum Gasteiger partial charge on any atom is -0.356 e. The third kappa shape index (κ3) is 6.72. The largest absolute Gasteiger partial charge is 0.356 e. The van der Waals surface area contributed by atoms with Gasteiger partial charge in [-0.05, 0) is 43.6 Å². The van der Waals surface area contributed by atoms with E-state index in [1.807, 2.05) is 30.3 Å². The van der Waals surface area contributed by atoms with Gasteiger partial charge in [-0.2, -0.15) is 0 Å². The number of nitrogens with zero attached hydrogens (tertiary/aromatic N) is 1. The normalized spacial score (nSPS) is 16.7. The number of nitrogens with one attached hydrogen (secondary N) is 1. The Morgan fingerprint density at radius 2 is 1.85 bits per heavy atom. The smallest absolute Gasteiger partial charge is 0.223 e. The van der Waals surface area contributed by atoms with E-state index in [1.165, 1.54) is 5.56 Å². The lowest BCUT2D eigenvalue weighted by Gasteiger charge is -2.30. The summed E-state index contributed by atoms with van der Waals surface area (Å²) in [6, 6.07) is 9.96. The molecule has 1 aromatic carbocycles. The molecule has 1 aliphatic rings. The molecule has 0 aromatic heterocycles. The SMILES string of the molecule is CC(C)CCNC(=O)C1CCN(S(=O)(=O)CCCc2ccccc2)CC1. The van der Waals surface area contributed by atoms with Gasteiger partial charge in [0.1, 0.15) is 0 Å². The number of carbonyl (C=O) groups is 1. The molecule has 0 saturated carbocycles. The highest BCUT2D eigenvalue weighted by molar-refractivity contribution is 7.89. The minimum atomic E-state index is -3.23. The van der Waals surface area contributed by atoms with E-state index in [0.29, 0.717) is 44.8 Å². The number of hydrogen-bond acceptors (Lipinski definition) is 3. The van der Waals surface area contributed by atoms with Crippen LogP contribution in [0.2, 0.25) is 0 Å². The van der Waals surface area contributed by atoms with Gasteiger partial charge in [0, 0.05) is 25.6 Å². The van der Waals surface area contributed by atoms with E-state index in [0.717, 1.165) is 12.8 Å². The predicted octanol–water partition coefficient (Wildman–Crippen LogP) is 2.82. The lowest BCUT2D eigenvalue weighted by molar-refractivity contribution is -0.126. The van der Waals surface area contributed by atoms with Crippen LogP contribution in [0.1, 0.15) is 45.1 Å². The first-order valence-corrected chi connectivity index (χ1v) is 11.3. The lowest BCUT2D eigenvalue weighted by Crippen LogP contribution is -2.44. The summed E-state index contributed by atoms with van der Waals surface area (Å²) in [4.78, 5) is 12.2. The molecule has 26 heavy (non-hydrogen) atoms. The molecule has 1 fully saturated rings. The molecule has 0 unspecified atom stereocenters. The van der Waals surface area contributed by atoms with Crippen LogP contribution in [0.3, 0.4) is 0 Å². The first-order chi connectivity index (χ1) is 12.4. The molecule has 0 aliphatic carbocycles. The van der Waals surface area contributed by atoms with E-state index < -0.39 is 10.0 Å². The summed E-state index contributed by atoms with van der Waals surface area (Å²) in [6.07, 6.45) is 3.61. The summed E-state index contributed by atoms with van der Waals surface area (Å²) in [6.45, 7) is 5.88. The quantitative estimate of drug-likeness (QED) is 0.716. The Labute approximate surface area is 158 Å². The van der Waals surface area contributed by atoms with Gasteiger partial charge >= 0.3 is 0 Å². The number of amides is 1. The molecule has 0 radical (unpaired) electrons. The monoisotopic (exact) mass is 380 g/mol. The summed E-state index contributed by atoms with van der Waals surface area (Å²) in [5.41, 5.74) is 1.17. The standard InChI is InChI=1S/C20H32N2O3S/c1-17(2)10-13-21-20(23)19-11-14-22(15-12-19)26(24,25)16-6-9-18-7-4-3-5-8-18/h3-5,7-8,17,19H,6,9-16H2,1-2H3,(H,21,23). The van der Waals surface area contributed by atoms with E-state index in [4.69, 9.17) is 0 Å². The van der Waals surface area contributed by atoms with Crippen LogP contribution in [0, 0.1) is 11.8 Å². The Morgan fingerprint density at radius 1 is 1.19 bits per heavy atom. The van der Waals surface area contributed by atoms with Gasteiger partial charge in [-0.1, -0.05) is 44.2 Å². The summed E-state index contributed by atoms with van der Waals surface area (Å²) in [5.74, 6) is 0.760. The third-order valence-corrected chi connectivity index (χ3v) is 6.91. The van der Waals surface area contributed by atoms with Crippen molar-refractivity contribution in [1.82, 2.24) is 9.62 Å². The second kappa shape index (κ2) is 10.1. The summed E-state index contributed by atoms with van der Waals surface area (Å²) < 4.78 is 26.6. The molecule has 1 saturated heterocycles. The Morgan fingerprint density at radius 3 is 2.46 bits per heavy atom. The zero-order chi connectivity index (χ0) is 19.0. The summed E-state index contributed by atoms with van der Waals surface area (Å²) in [5, 5.41) is 2.98. The number of carbonyl (C=O) groups excluding carboxylic acids is 1. The fourth-order valence-corrected chi connectivity index (χ4v) is 4.79. The van der Waals surface area contributed by atoms with Crippen molar-refractivity contribution < 1.29 is 13.2 Å². The summed E-state index contributed by atoms with van der Waals surface area (Å²) >= 11 is 0. The molecule has 1 amide bonds. The molecule has 1 aromatic rings. The van der Waals surface area contributed by atoms with Gasteiger partial charge in [0.25, 0.3) is 0 Å². The van der Waals surface area contributed by atoms with Crippen molar-refractivity contribution in [3.05, 3.63) is 35.9 Å². The molecule has 1 aliphatic heterocycles. The average Bonchev–Trinajstić information content (AvgIpc) is 2.62. The zero-order valence-electron chi connectivity index (χ0n) is 16.0. The second-order valence-corrected chi connectivity index (χ2v) is 9.64. The Hall–Kier alpha value is -1.40. The van der Waals surface area contributed by atoms with Crippen molar-refractivity contribution in [2.75, 3.05) is 25.4 Å². The van der Waals surface area contributed by atoms with Gasteiger partial charge in [-0.25, -0.2) is 12.7 Å². The highest BCUT2D eigenvalue weighted by Crippen LogP contribution is 2.21. The highest BCUT2D eigenvalue weighted by atomic mass is 32.2. The van der Waals surface area contributed by atoms with Gasteiger partial charge < -0.3 is 5.32 Å². The molecule has 6 heteroatoms. The van der Waals surface area contributed by atoms with E-state index in [9.17, 15) is 13.2 Å². The van der Waals surface area contributed by atoms with Crippen LogP contribution in [0.25, 0.3) is 0 Å². The molecule has 2 rings (SSSR count). The van der Waals surface area contributed by atoms with Crippen molar-refractivity contribution in [1.29, 1.82) is 0 Å². The average molecular weight is 381 g/mol. The summed E-state index contributed by atoms with van der Waals surface area (Å²) in [7, 11) is -3.23. The van der Waals surface area contributed by atoms with Crippen LogP contribution in [0.4, 0.5) is 0 Å². The van der Waals surface area contributed by atoms with E-state index >= 15 is 0 Å². The van der Waals surface area contributed by atoms with Crippen LogP contribution in [-0.2, 0) is 21.2 Å². The fourth-order valence-electron chi connectivity index (χ4n) is 3.26. The van der Waals surface area contributed by atoms with Crippen LogP contribution >= 0.6 is 0 Å². The molecule has 1 heterocycles. The van der Waals surface area contributed by atoms with Crippen LogP contribution < -0.4 is 5.32 Å². The minimum absolute atomic E-state index is 0.0575. The molecular weight excluding hydrogens is 348 g/mol. The van der Waals surface area contributed by atoms with Crippen molar-refractivity contribution in [2.24, 2.45) is 11.8 Å². The van der Waals surface area contributed by atoms with Gasteiger partial charge in [-0.15, -0.1) is 0 Å². The maximum absolute atomic E-state index is 12.5. The highest BCUT2D eigenvalue weighted by Gasteiger charge is 2.30. The molecule has 146 valence electrons. The van der Waals surface area contributed by atoms with Gasteiger partial charge in [0.15, 0.2) is 0 Å². The van der Waals surface area contributed by atoms with Gasteiger partial charge in [0.2, 0.25) is 15.9 Å². The molecule has 0 spiro atoms. The second-order valence-electron chi connectivity index (χ2n) is 7.55. The predicted molar refractivity (Wildman–Crippen MR) is 105 cm³/mol. The number of aryl methyl sites for hydroxylation is 1. The molecule has 0 atom stereocenters. The topological polar surface area (TPSA) is 66.5 Å². The maximum atomic E-state index is 12.5. The number of piperidine rings is 1. The van der Waals surface area contributed by atoms with E-state index in [-0.39, 0.29) is 17.6 Å². The van der Waals surface area contributed by atoms with Crippen molar-refractivity contribution in [3.63, 3.8) is 0 Å². The number of benzene rings is 1. The number of hydrogen-bond donors (Lipinski definition) is 1. The Balaban J connectivity index is 1.72. The zero-order valence-corrected chi connectivity index (χ0v) is 16.8. The van der Waals surface area contributed by atoms with Gasteiger partial charge in [0.05, 0.1) is 5.75 Å². The van der Waals surface area contributed by atoms with Gasteiger partial charge in [-0.3, -0.25) is 4.79 Å². The first-order valence-electron chi connectivity index (χ1n) is 9.68. The Kier molecular flexibility index (Phi) is 8.10. The number of rotatable bonds is 9. The first kappa shape index (κ1) is 20.9. The van der Waals surface area contributed by atoms with Crippen molar-refractivity contribution in [2.45, 2.75) is 46.0 Å². The Bertz CT molecular complexity index is 651. The fraction of sp³-hybridized carbons (Fsp3) is 0.650. The number of sulfonamides is 1. The lowest BCUT2D eigenvalue weighted by atomic mass is 9.97. The van der Waals surface area contributed by atoms with Crippen LogP contribution in [-0.4, -0.2) is 44.0 Å². The molecule has 0 bridgehead atoms.